The summed E-state index contributed by atoms with van der Waals surface area (Å²) in [6, 6.07) is 7.65. The molecule has 0 saturated carbocycles. The third-order valence-electron chi connectivity index (χ3n) is 4.34. The highest BCUT2D eigenvalue weighted by atomic mass is 19.1. The third-order valence-corrected chi connectivity index (χ3v) is 4.34. The number of halogens is 1. The van der Waals surface area contributed by atoms with Crippen molar-refractivity contribution in [1.82, 2.24) is 14.7 Å². The maximum absolute atomic E-state index is 13.1. The summed E-state index contributed by atoms with van der Waals surface area (Å²) < 4.78 is 20.3. The monoisotopic (exact) mass is 332 g/mol. The van der Waals surface area contributed by atoms with Crippen LogP contribution in [0.5, 0.6) is 0 Å². The topological polar surface area (TPSA) is 59.4 Å². The molecule has 1 aromatic carbocycles. The Hall–Kier alpha value is -2.41. The third kappa shape index (κ3) is 3.26. The van der Waals surface area contributed by atoms with Gasteiger partial charge >= 0.3 is 6.03 Å². The lowest BCUT2D eigenvalue weighted by Gasteiger charge is -2.37. The molecule has 6 nitrogen and oxygen atoms in total. The predicted molar refractivity (Wildman–Crippen MR) is 88.9 cm³/mol. The quantitative estimate of drug-likeness (QED) is 0.920. The van der Waals surface area contributed by atoms with E-state index in [2.05, 4.69) is 10.4 Å². The van der Waals surface area contributed by atoms with Gasteiger partial charge in [0.2, 0.25) is 0 Å². The van der Waals surface area contributed by atoms with Crippen molar-refractivity contribution in [3.05, 3.63) is 41.8 Å². The Morgan fingerprint density at radius 3 is 2.75 bits per heavy atom. The molecule has 2 heterocycles. The van der Waals surface area contributed by atoms with Gasteiger partial charge in [-0.05, 0) is 45.0 Å². The fraction of sp³-hybridized carbons (Fsp3) is 0.412. The standard InChI is InChI=1S/C17H21FN4O2/c1-11-10-16(20-22(11)15-6-4-14(18)5-7-15)19-17(23)21-8-9-24-13(3)12(21)2/h4-7,10,12-13H,8-9H2,1-3H3,(H,19,20,23)/t12-,13-/m0/s1. The van der Waals surface area contributed by atoms with Gasteiger partial charge in [0.05, 0.1) is 24.4 Å². The number of hydrogen-bond acceptors (Lipinski definition) is 3. The molecule has 0 unspecified atom stereocenters. The molecule has 0 radical (unpaired) electrons. The molecule has 0 bridgehead atoms. The average molecular weight is 332 g/mol. The zero-order chi connectivity index (χ0) is 17.3. The number of urea groups is 1. The summed E-state index contributed by atoms with van der Waals surface area (Å²) in [5.41, 5.74) is 1.59. The molecule has 1 aromatic heterocycles. The number of anilines is 1. The Labute approximate surface area is 140 Å². The molecule has 0 spiro atoms. The molecule has 1 saturated heterocycles. The Kier molecular flexibility index (Phi) is 4.53. The van der Waals surface area contributed by atoms with Crippen molar-refractivity contribution in [1.29, 1.82) is 0 Å². The van der Waals surface area contributed by atoms with Crippen molar-refractivity contribution in [2.75, 3.05) is 18.5 Å². The Morgan fingerprint density at radius 1 is 1.33 bits per heavy atom. The van der Waals surface area contributed by atoms with Crippen molar-refractivity contribution >= 4 is 11.8 Å². The predicted octanol–water partition coefficient (Wildman–Crippen LogP) is 2.96. The van der Waals surface area contributed by atoms with Gasteiger partial charge in [0.25, 0.3) is 0 Å². The number of ether oxygens (including phenoxy) is 1. The van der Waals surface area contributed by atoms with Crippen LogP contribution in [0.1, 0.15) is 19.5 Å². The van der Waals surface area contributed by atoms with E-state index < -0.39 is 0 Å². The first-order valence-corrected chi connectivity index (χ1v) is 7.97. The molecule has 1 N–H and O–H groups in total. The van der Waals surface area contributed by atoms with E-state index in [1.165, 1.54) is 12.1 Å². The Bertz CT molecular complexity index is 729. The minimum Gasteiger partial charge on any atom is -0.375 e. The zero-order valence-corrected chi connectivity index (χ0v) is 14.0. The van der Waals surface area contributed by atoms with Crippen LogP contribution in [0.25, 0.3) is 5.69 Å². The number of aromatic nitrogens is 2. The first-order valence-electron chi connectivity index (χ1n) is 7.97. The van der Waals surface area contributed by atoms with Gasteiger partial charge in [0, 0.05) is 18.3 Å². The van der Waals surface area contributed by atoms with Crippen molar-refractivity contribution in [2.24, 2.45) is 0 Å². The number of hydrogen-bond donors (Lipinski definition) is 1. The first kappa shape index (κ1) is 16.4. The highest BCUT2D eigenvalue weighted by Crippen LogP contribution is 2.18. The summed E-state index contributed by atoms with van der Waals surface area (Å²) in [4.78, 5) is 14.2. The molecule has 1 fully saturated rings. The van der Waals surface area contributed by atoms with Crippen LogP contribution in [-0.4, -0.2) is 46.0 Å². The van der Waals surface area contributed by atoms with Gasteiger partial charge in [0.1, 0.15) is 5.82 Å². The minimum atomic E-state index is -0.299. The number of aryl methyl sites for hydroxylation is 1. The summed E-state index contributed by atoms with van der Waals surface area (Å²) in [6.45, 7) is 6.88. The minimum absolute atomic E-state index is 0.000897. The van der Waals surface area contributed by atoms with Crippen LogP contribution in [0.2, 0.25) is 0 Å². The molecule has 0 aliphatic carbocycles. The molecule has 24 heavy (non-hydrogen) atoms. The van der Waals surface area contributed by atoms with Crippen LogP contribution in [-0.2, 0) is 4.74 Å². The van der Waals surface area contributed by atoms with Crippen LogP contribution in [0, 0.1) is 12.7 Å². The molecule has 7 heteroatoms. The van der Waals surface area contributed by atoms with Gasteiger partial charge in [-0.1, -0.05) is 0 Å². The number of morpholine rings is 1. The number of carbonyl (C=O) groups is 1. The highest BCUT2D eigenvalue weighted by molar-refractivity contribution is 5.88. The summed E-state index contributed by atoms with van der Waals surface area (Å²) in [5.74, 6) is 0.167. The molecule has 2 amide bonds. The van der Waals surface area contributed by atoms with Gasteiger partial charge < -0.3 is 9.64 Å². The number of carbonyl (C=O) groups excluding carboxylic acids is 1. The number of rotatable bonds is 2. The van der Waals surface area contributed by atoms with Crippen LogP contribution >= 0.6 is 0 Å². The molecule has 1 aliphatic heterocycles. The lowest BCUT2D eigenvalue weighted by Crippen LogP contribution is -2.52. The molecule has 2 atom stereocenters. The number of nitrogens with zero attached hydrogens (tertiary/aromatic N) is 3. The second-order valence-corrected chi connectivity index (χ2v) is 6.00. The van der Waals surface area contributed by atoms with Gasteiger partial charge in [-0.15, -0.1) is 5.10 Å². The molecular formula is C17H21FN4O2. The molecular weight excluding hydrogens is 311 g/mol. The van der Waals surface area contributed by atoms with E-state index in [0.717, 1.165) is 11.4 Å². The maximum atomic E-state index is 13.1. The summed E-state index contributed by atoms with van der Waals surface area (Å²) in [6.07, 6.45) is 0.00279. The molecule has 2 aromatic rings. The lowest BCUT2D eigenvalue weighted by atomic mass is 10.1. The molecule has 128 valence electrons. The second-order valence-electron chi connectivity index (χ2n) is 6.00. The van der Waals surface area contributed by atoms with Crippen molar-refractivity contribution in [2.45, 2.75) is 32.9 Å². The van der Waals surface area contributed by atoms with Crippen molar-refractivity contribution < 1.29 is 13.9 Å². The molecule has 3 rings (SSSR count). The van der Waals surface area contributed by atoms with Gasteiger partial charge in [-0.3, -0.25) is 5.32 Å². The highest BCUT2D eigenvalue weighted by Gasteiger charge is 2.29. The Balaban J connectivity index is 1.75. The van der Waals surface area contributed by atoms with E-state index in [1.54, 1.807) is 27.8 Å². The zero-order valence-electron chi connectivity index (χ0n) is 14.0. The van der Waals surface area contributed by atoms with E-state index in [-0.39, 0.29) is 24.0 Å². The van der Waals surface area contributed by atoms with Crippen LogP contribution in [0.15, 0.2) is 30.3 Å². The largest absolute Gasteiger partial charge is 0.375 e. The van der Waals surface area contributed by atoms with E-state index in [0.29, 0.717) is 19.0 Å². The summed E-state index contributed by atoms with van der Waals surface area (Å²) in [5, 5.41) is 7.22. The normalized spacial score (nSPS) is 20.9. The molecule has 1 aliphatic rings. The SMILES string of the molecule is Cc1cc(NC(=O)N2CCO[C@@H](C)[C@@H]2C)nn1-c1ccc(F)cc1. The van der Waals surface area contributed by atoms with E-state index in [9.17, 15) is 9.18 Å². The fourth-order valence-corrected chi connectivity index (χ4v) is 2.78. The average Bonchev–Trinajstić information content (AvgIpc) is 2.91. The lowest BCUT2D eigenvalue weighted by molar-refractivity contribution is -0.0355. The second kappa shape index (κ2) is 6.60. The Morgan fingerprint density at radius 2 is 2.04 bits per heavy atom. The summed E-state index contributed by atoms with van der Waals surface area (Å²) in [7, 11) is 0. The van der Waals surface area contributed by atoms with Crippen LogP contribution < -0.4 is 5.32 Å². The first-order chi connectivity index (χ1) is 11.5. The van der Waals surface area contributed by atoms with Gasteiger partial charge in [0.15, 0.2) is 5.82 Å². The number of benzene rings is 1. The van der Waals surface area contributed by atoms with Crippen molar-refractivity contribution in [3.63, 3.8) is 0 Å². The smallest absolute Gasteiger partial charge is 0.323 e. The summed E-state index contributed by atoms with van der Waals surface area (Å²) >= 11 is 0. The van der Waals surface area contributed by atoms with E-state index >= 15 is 0 Å². The number of amides is 2. The van der Waals surface area contributed by atoms with Crippen LogP contribution in [0.4, 0.5) is 15.0 Å². The van der Waals surface area contributed by atoms with Crippen molar-refractivity contribution in [3.8, 4) is 5.69 Å². The number of nitrogens with one attached hydrogen (secondary N) is 1. The van der Waals surface area contributed by atoms with Crippen LogP contribution in [0.3, 0.4) is 0 Å². The maximum Gasteiger partial charge on any atom is 0.323 e. The fourth-order valence-electron chi connectivity index (χ4n) is 2.78. The van der Waals surface area contributed by atoms with Gasteiger partial charge in [-0.25, -0.2) is 13.9 Å². The van der Waals surface area contributed by atoms with Gasteiger partial charge in [-0.2, -0.15) is 0 Å². The van der Waals surface area contributed by atoms with E-state index in [4.69, 9.17) is 4.74 Å². The van der Waals surface area contributed by atoms with E-state index in [1.807, 2.05) is 20.8 Å².